The van der Waals surface area contributed by atoms with Crippen molar-refractivity contribution in [3.63, 3.8) is 0 Å². The van der Waals surface area contributed by atoms with Gasteiger partial charge in [-0.3, -0.25) is 9.78 Å². The van der Waals surface area contributed by atoms with Gasteiger partial charge in [0.2, 0.25) is 5.91 Å². The van der Waals surface area contributed by atoms with Crippen LogP contribution in [-0.2, 0) is 16.0 Å². The molecule has 1 N–H and O–H groups in total. The van der Waals surface area contributed by atoms with Crippen molar-refractivity contribution in [2.45, 2.75) is 39.2 Å². The molecule has 2 aromatic heterocycles. The zero-order chi connectivity index (χ0) is 18.1. The van der Waals surface area contributed by atoms with Crippen molar-refractivity contribution in [2.75, 3.05) is 13.2 Å². The van der Waals surface area contributed by atoms with Crippen LogP contribution in [0.2, 0.25) is 0 Å². The number of carbonyl (C=O) groups is 1. The highest BCUT2D eigenvalue weighted by Crippen LogP contribution is 2.40. The molecule has 1 aliphatic heterocycles. The van der Waals surface area contributed by atoms with Crippen LogP contribution in [0.1, 0.15) is 44.0 Å². The number of nitrogens with one attached hydrogen (secondary N) is 1. The molecule has 0 aromatic carbocycles. The molecule has 0 unspecified atom stereocenters. The summed E-state index contributed by atoms with van der Waals surface area (Å²) in [7, 11) is 0. The monoisotopic (exact) mass is 353 g/mol. The van der Waals surface area contributed by atoms with Crippen molar-refractivity contribution in [1.82, 2.24) is 25.3 Å². The van der Waals surface area contributed by atoms with E-state index in [-0.39, 0.29) is 23.3 Å². The Balaban J connectivity index is 1.63. The van der Waals surface area contributed by atoms with Crippen LogP contribution in [0.4, 0.5) is 0 Å². The minimum Gasteiger partial charge on any atom is -0.381 e. The number of amides is 1. The summed E-state index contributed by atoms with van der Waals surface area (Å²) >= 11 is 0. The molecule has 2 aromatic rings. The van der Waals surface area contributed by atoms with Gasteiger partial charge in [-0.25, -0.2) is 15.0 Å². The minimum absolute atomic E-state index is 0.0467. The van der Waals surface area contributed by atoms with E-state index in [0.717, 1.165) is 30.5 Å². The van der Waals surface area contributed by atoms with Gasteiger partial charge in [-0.2, -0.15) is 0 Å². The molecule has 1 saturated heterocycles. The van der Waals surface area contributed by atoms with Gasteiger partial charge in [-0.1, -0.05) is 13.8 Å². The maximum atomic E-state index is 12.6. The van der Waals surface area contributed by atoms with Crippen molar-refractivity contribution < 1.29 is 9.53 Å². The molecule has 1 amide bonds. The number of hydrogen-bond acceptors (Lipinski definition) is 6. The first-order chi connectivity index (χ1) is 12.5. The molecule has 26 heavy (non-hydrogen) atoms. The molecule has 0 radical (unpaired) electrons. The van der Waals surface area contributed by atoms with E-state index in [9.17, 15) is 4.79 Å². The Morgan fingerprint density at radius 2 is 2.15 bits per heavy atom. The standard InChI is InChI=1S/C19H23N5O2/c1-19(2)7-14-13(9-22-17(23-14)16-10-20-4-5-21-16)15(8-19)24-18(25)12-3-6-26-11-12/h4-5,9-10,12,15H,3,6-8,11H2,1-2H3,(H,24,25)/t12-,15-/m1/s1. The summed E-state index contributed by atoms with van der Waals surface area (Å²) in [6.07, 6.45) is 9.26. The number of carbonyl (C=O) groups excluding carboxylic acids is 1. The molecule has 7 heteroatoms. The summed E-state index contributed by atoms with van der Waals surface area (Å²) in [5.74, 6) is 0.584. The molecule has 0 saturated carbocycles. The van der Waals surface area contributed by atoms with E-state index < -0.39 is 0 Å². The zero-order valence-electron chi connectivity index (χ0n) is 15.1. The van der Waals surface area contributed by atoms with Crippen molar-refractivity contribution in [2.24, 2.45) is 11.3 Å². The summed E-state index contributed by atoms with van der Waals surface area (Å²) in [6, 6.07) is -0.0715. The zero-order valence-corrected chi connectivity index (χ0v) is 15.1. The van der Waals surface area contributed by atoms with Gasteiger partial charge in [-0.15, -0.1) is 0 Å². The van der Waals surface area contributed by atoms with Crippen molar-refractivity contribution >= 4 is 5.91 Å². The van der Waals surface area contributed by atoms with Gasteiger partial charge >= 0.3 is 0 Å². The molecule has 2 aliphatic rings. The van der Waals surface area contributed by atoms with Crippen LogP contribution in [0.5, 0.6) is 0 Å². The van der Waals surface area contributed by atoms with Crippen LogP contribution in [-0.4, -0.2) is 39.1 Å². The van der Waals surface area contributed by atoms with Gasteiger partial charge in [0, 0.05) is 30.8 Å². The molecule has 0 bridgehead atoms. The van der Waals surface area contributed by atoms with Crippen molar-refractivity contribution in [1.29, 1.82) is 0 Å². The molecule has 1 fully saturated rings. The lowest BCUT2D eigenvalue weighted by Gasteiger charge is -2.36. The minimum atomic E-state index is -0.0715. The van der Waals surface area contributed by atoms with E-state index in [1.165, 1.54) is 0 Å². The lowest BCUT2D eigenvalue weighted by molar-refractivity contribution is -0.126. The average Bonchev–Trinajstić information content (AvgIpc) is 3.16. The van der Waals surface area contributed by atoms with E-state index in [2.05, 4.69) is 34.1 Å². The van der Waals surface area contributed by atoms with E-state index in [0.29, 0.717) is 24.7 Å². The molecule has 2 atom stereocenters. The van der Waals surface area contributed by atoms with E-state index >= 15 is 0 Å². The molecule has 3 heterocycles. The number of hydrogen-bond donors (Lipinski definition) is 1. The van der Waals surface area contributed by atoms with E-state index in [4.69, 9.17) is 9.72 Å². The fourth-order valence-corrected chi connectivity index (χ4v) is 3.74. The van der Waals surface area contributed by atoms with Gasteiger partial charge in [0.15, 0.2) is 5.82 Å². The largest absolute Gasteiger partial charge is 0.381 e. The molecular formula is C19H23N5O2. The van der Waals surface area contributed by atoms with Crippen LogP contribution in [0.15, 0.2) is 24.8 Å². The van der Waals surface area contributed by atoms with Crippen LogP contribution in [0, 0.1) is 11.3 Å². The second kappa shape index (κ2) is 6.72. The topological polar surface area (TPSA) is 89.9 Å². The summed E-state index contributed by atoms with van der Waals surface area (Å²) in [4.78, 5) is 30.2. The Morgan fingerprint density at radius 1 is 1.27 bits per heavy atom. The second-order valence-electron chi connectivity index (χ2n) is 7.85. The molecule has 136 valence electrons. The highest BCUT2D eigenvalue weighted by atomic mass is 16.5. The van der Waals surface area contributed by atoms with Gasteiger partial charge in [0.25, 0.3) is 0 Å². The maximum absolute atomic E-state index is 12.6. The summed E-state index contributed by atoms with van der Waals surface area (Å²) in [5.41, 5.74) is 2.68. The van der Waals surface area contributed by atoms with Crippen molar-refractivity contribution in [3.05, 3.63) is 36.0 Å². The van der Waals surface area contributed by atoms with E-state index in [1.54, 1.807) is 18.6 Å². The van der Waals surface area contributed by atoms with Crippen LogP contribution in [0.3, 0.4) is 0 Å². The lowest BCUT2D eigenvalue weighted by Crippen LogP contribution is -2.40. The van der Waals surface area contributed by atoms with Gasteiger partial charge in [0.05, 0.1) is 30.5 Å². The third-order valence-electron chi connectivity index (χ3n) is 5.09. The third kappa shape index (κ3) is 3.44. The first-order valence-electron chi connectivity index (χ1n) is 9.02. The van der Waals surface area contributed by atoms with Gasteiger partial charge in [0.1, 0.15) is 5.69 Å². The van der Waals surface area contributed by atoms with Gasteiger partial charge in [-0.05, 0) is 24.7 Å². The molecule has 4 rings (SSSR count). The molecule has 0 spiro atoms. The smallest absolute Gasteiger partial charge is 0.226 e. The predicted molar refractivity (Wildman–Crippen MR) is 95.0 cm³/mol. The normalized spacial score (nSPS) is 24.1. The number of nitrogens with zero attached hydrogens (tertiary/aromatic N) is 4. The van der Waals surface area contributed by atoms with Crippen molar-refractivity contribution in [3.8, 4) is 11.5 Å². The Morgan fingerprint density at radius 3 is 2.88 bits per heavy atom. The van der Waals surface area contributed by atoms with Crippen LogP contribution in [0.25, 0.3) is 11.5 Å². The number of ether oxygens (including phenoxy) is 1. The lowest BCUT2D eigenvalue weighted by atomic mass is 9.74. The molecular weight excluding hydrogens is 330 g/mol. The predicted octanol–water partition coefficient (Wildman–Crippen LogP) is 2.10. The summed E-state index contributed by atoms with van der Waals surface area (Å²) < 4.78 is 5.34. The number of fused-ring (bicyclic) bond motifs is 1. The van der Waals surface area contributed by atoms with Crippen LogP contribution >= 0.6 is 0 Å². The summed E-state index contributed by atoms with van der Waals surface area (Å²) in [5, 5.41) is 3.20. The maximum Gasteiger partial charge on any atom is 0.226 e. The first-order valence-corrected chi connectivity index (χ1v) is 9.02. The highest BCUT2D eigenvalue weighted by Gasteiger charge is 2.36. The molecule has 1 aliphatic carbocycles. The van der Waals surface area contributed by atoms with Gasteiger partial charge < -0.3 is 10.1 Å². The fourth-order valence-electron chi connectivity index (χ4n) is 3.74. The number of aromatic nitrogens is 4. The summed E-state index contributed by atoms with van der Waals surface area (Å²) in [6.45, 7) is 5.59. The van der Waals surface area contributed by atoms with Crippen LogP contribution < -0.4 is 5.32 Å². The fraction of sp³-hybridized carbons (Fsp3) is 0.526. The number of rotatable bonds is 3. The Bertz CT molecular complexity index is 803. The second-order valence-corrected chi connectivity index (χ2v) is 7.85. The highest BCUT2D eigenvalue weighted by molar-refractivity contribution is 5.79. The SMILES string of the molecule is CC1(C)Cc2nc(-c3cnccn3)ncc2[C@H](NC(=O)[C@@H]2CCOC2)C1. The Labute approximate surface area is 152 Å². The quantitative estimate of drug-likeness (QED) is 0.909. The molecule has 7 nitrogen and oxygen atoms in total. The first kappa shape index (κ1) is 17.0. The average molecular weight is 353 g/mol. The Hall–Kier alpha value is -2.41. The third-order valence-corrected chi connectivity index (χ3v) is 5.09. The van der Waals surface area contributed by atoms with E-state index in [1.807, 2.05) is 6.20 Å². The Kier molecular flexibility index (Phi) is 4.40.